The van der Waals surface area contributed by atoms with Gasteiger partial charge in [-0.3, -0.25) is 9.59 Å². The molecule has 2 atom stereocenters. The van der Waals surface area contributed by atoms with E-state index in [9.17, 15) is 4.79 Å². The highest BCUT2D eigenvalue weighted by molar-refractivity contribution is 7.13. The molecule has 2 aliphatic rings. The monoisotopic (exact) mass is 469 g/mol. The first-order chi connectivity index (χ1) is 16.1. The molecular formula is C23H23N3O6S. The first-order valence-electron chi connectivity index (χ1n) is 10.2. The van der Waals surface area contributed by atoms with Gasteiger partial charge in [0.15, 0.2) is 16.6 Å². The molecule has 172 valence electrons. The van der Waals surface area contributed by atoms with E-state index < -0.39 is 0 Å². The summed E-state index contributed by atoms with van der Waals surface area (Å²) in [7, 11) is 1.79. The lowest BCUT2D eigenvalue weighted by Crippen LogP contribution is -2.43. The molecule has 33 heavy (non-hydrogen) atoms. The average molecular weight is 470 g/mol. The number of hydrogen-bond donors (Lipinski definition) is 2. The van der Waals surface area contributed by atoms with Crippen LogP contribution in [0.2, 0.25) is 0 Å². The number of benzene rings is 2. The number of fused-ring (bicyclic) bond motifs is 1. The minimum absolute atomic E-state index is 0.0947. The fourth-order valence-electron chi connectivity index (χ4n) is 3.72. The highest BCUT2D eigenvalue weighted by Crippen LogP contribution is 2.39. The third-order valence-electron chi connectivity index (χ3n) is 5.27. The molecule has 0 spiro atoms. The van der Waals surface area contributed by atoms with Crippen molar-refractivity contribution in [1.29, 1.82) is 0 Å². The van der Waals surface area contributed by atoms with Gasteiger partial charge in [0.1, 0.15) is 17.9 Å². The van der Waals surface area contributed by atoms with Crippen LogP contribution in [-0.2, 0) is 9.53 Å². The second-order valence-electron chi connectivity index (χ2n) is 7.24. The first kappa shape index (κ1) is 22.6. The van der Waals surface area contributed by atoms with Gasteiger partial charge in [0.2, 0.25) is 6.79 Å². The molecule has 3 aromatic rings. The molecule has 0 aliphatic carbocycles. The molecule has 5 rings (SSSR count). The number of anilines is 1. The zero-order valence-corrected chi connectivity index (χ0v) is 18.7. The third kappa shape index (κ3) is 5.07. The number of rotatable bonds is 4. The van der Waals surface area contributed by atoms with Gasteiger partial charge in [-0.1, -0.05) is 36.4 Å². The van der Waals surface area contributed by atoms with Gasteiger partial charge in [0, 0.05) is 12.4 Å². The molecule has 0 unspecified atom stereocenters. The average Bonchev–Trinajstić information content (AvgIpc) is 3.53. The number of amides is 1. The summed E-state index contributed by atoms with van der Waals surface area (Å²) >= 11 is 1.42. The number of nitrogens with zero attached hydrogens (tertiary/aromatic N) is 2. The minimum Gasteiger partial charge on any atom is -0.483 e. The van der Waals surface area contributed by atoms with E-state index in [2.05, 4.69) is 10.3 Å². The smallest absolute Gasteiger partial charge is 0.290 e. The zero-order chi connectivity index (χ0) is 23.2. The minimum atomic E-state index is -0.287. The van der Waals surface area contributed by atoms with E-state index in [0.717, 1.165) is 22.0 Å². The Kier molecular flexibility index (Phi) is 7.06. The fraction of sp³-hybridized carbons (Fsp3) is 0.261. The van der Waals surface area contributed by atoms with E-state index in [1.807, 2.05) is 53.4 Å². The van der Waals surface area contributed by atoms with Crippen molar-refractivity contribution in [2.75, 3.05) is 32.2 Å². The maximum absolute atomic E-state index is 13.2. The van der Waals surface area contributed by atoms with Crippen LogP contribution in [0.5, 0.6) is 11.5 Å². The van der Waals surface area contributed by atoms with Crippen molar-refractivity contribution in [3.63, 3.8) is 0 Å². The van der Waals surface area contributed by atoms with Crippen molar-refractivity contribution in [2.24, 2.45) is 0 Å². The van der Waals surface area contributed by atoms with Crippen molar-refractivity contribution in [2.45, 2.75) is 12.2 Å². The molecule has 0 bridgehead atoms. The zero-order valence-electron chi connectivity index (χ0n) is 17.8. The van der Waals surface area contributed by atoms with Crippen LogP contribution in [0.25, 0.3) is 0 Å². The van der Waals surface area contributed by atoms with Crippen LogP contribution in [0, 0.1) is 0 Å². The first-order valence-corrected chi connectivity index (χ1v) is 11.1. The molecule has 0 radical (unpaired) electrons. The second-order valence-corrected chi connectivity index (χ2v) is 8.10. The number of carboxylic acid groups (broad SMARTS) is 1. The van der Waals surface area contributed by atoms with Crippen LogP contribution in [0.3, 0.4) is 0 Å². The molecule has 9 nitrogen and oxygen atoms in total. The van der Waals surface area contributed by atoms with E-state index in [-0.39, 0.29) is 31.4 Å². The molecule has 2 N–H and O–H groups in total. The van der Waals surface area contributed by atoms with Gasteiger partial charge in [-0.05, 0) is 23.3 Å². The molecule has 2 aliphatic heterocycles. The molecular weight excluding hydrogens is 446 g/mol. The summed E-state index contributed by atoms with van der Waals surface area (Å²) in [5, 5.41) is 12.4. The van der Waals surface area contributed by atoms with Crippen LogP contribution in [0.15, 0.2) is 53.9 Å². The number of thiazole rings is 1. The Hall–Kier alpha value is -3.63. The highest BCUT2D eigenvalue weighted by atomic mass is 32.1. The predicted molar refractivity (Wildman–Crippen MR) is 122 cm³/mol. The number of nitrogens with one attached hydrogen (secondary N) is 1. The lowest BCUT2D eigenvalue weighted by molar-refractivity contribution is -0.122. The Morgan fingerprint density at radius 1 is 1.12 bits per heavy atom. The summed E-state index contributed by atoms with van der Waals surface area (Å²) in [6, 6.07) is 15.8. The number of morpholine rings is 1. The van der Waals surface area contributed by atoms with Crippen LogP contribution >= 0.6 is 11.3 Å². The highest BCUT2D eigenvalue weighted by Gasteiger charge is 2.34. The van der Waals surface area contributed by atoms with Gasteiger partial charge < -0.3 is 29.5 Å². The lowest BCUT2D eigenvalue weighted by atomic mass is 10.0. The summed E-state index contributed by atoms with van der Waals surface area (Å²) in [5.74, 6) is 1.33. The normalized spacial score (nSPS) is 18.8. The molecule has 2 aromatic carbocycles. The van der Waals surface area contributed by atoms with Gasteiger partial charge in [-0.15, -0.1) is 11.3 Å². The Bertz CT molecular complexity index is 1110. The summed E-state index contributed by atoms with van der Waals surface area (Å²) in [4.78, 5) is 27.8. The Labute approximate surface area is 194 Å². The van der Waals surface area contributed by atoms with Gasteiger partial charge in [0.05, 0.1) is 13.1 Å². The molecule has 10 heteroatoms. The van der Waals surface area contributed by atoms with Crippen molar-refractivity contribution >= 4 is 28.8 Å². The Morgan fingerprint density at radius 2 is 1.82 bits per heavy atom. The van der Waals surface area contributed by atoms with Crippen molar-refractivity contribution in [3.05, 3.63) is 70.7 Å². The molecule has 3 heterocycles. The maximum Gasteiger partial charge on any atom is 0.290 e. The van der Waals surface area contributed by atoms with Crippen molar-refractivity contribution in [3.8, 4) is 11.5 Å². The largest absolute Gasteiger partial charge is 0.483 e. The summed E-state index contributed by atoms with van der Waals surface area (Å²) in [6.07, 6.45) is -0.522. The number of ether oxygens (including phenoxy) is 3. The molecule has 0 saturated carbocycles. The van der Waals surface area contributed by atoms with Crippen molar-refractivity contribution in [1.82, 2.24) is 9.88 Å². The van der Waals surface area contributed by atoms with E-state index in [4.69, 9.17) is 24.1 Å². The van der Waals surface area contributed by atoms with Crippen molar-refractivity contribution < 1.29 is 28.9 Å². The Balaban J connectivity index is 0.000000821. The molecule has 1 fully saturated rings. The third-order valence-corrected chi connectivity index (χ3v) is 6.12. The van der Waals surface area contributed by atoms with E-state index in [1.165, 1.54) is 11.3 Å². The quantitative estimate of drug-likeness (QED) is 0.558. The number of carbonyl (C=O) groups is 2. The maximum atomic E-state index is 13.2. The second kappa shape index (κ2) is 10.3. The fourth-order valence-corrected chi connectivity index (χ4v) is 4.37. The molecule has 1 aromatic heterocycles. The van der Waals surface area contributed by atoms with Crippen LogP contribution in [0.1, 0.15) is 33.8 Å². The summed E-state index contributed by atoms with van der Waals surface area (Å²) < 4.78 is 17.4. The van der Waals surface area contributed by atoms with Crippen LogP contribution in [-0.4, -0.2) is 54.3 Å². The van der Waals surface area contributed by atoms with E-state index >= 15 is 0 Å². The molecule has 1 saturated heterocycles. The van der Waals surface area contributed by atoms with Gasteiger partial charge in [-0.25, -0.2) is 4.98 Å². The SMILES string of the molecule is CNc1nc(C(=O)N2C[C@@H](c3ccccc3)O[C@@H](c3ccc4c(c3)OCO4)C2)cs1.O=CO. The predicted octanol–water partition coefficient (Wildman–Crippen LogP) is 3.57. The van der Waals surface area contributed by atoms with E-state index in [0.29, 0.717) is 24.5 Å². The van der Waals surface area contributed by atoms with Crippen LogP contribution < -0.4 is 14.8 Å². The number of aromatic nitrogens is 1. The Morgan fingerprint density at radius 3 is 2.52 bits per heavy atom. The number of carbonyl (C=O) groups excluding carboxylic acids is 1. The topological polar surface area (TPSA) is 110 Å². The molecule has 1 amide bonds. The summed E-state index contributed by atoms with van der Waals surface area (Å²) in [5.41, 5.74) is 2.43. The van der Waals surface area contributed by atoms with E-state index in [1.54, 1.807) is 12.4 Å². The number of hydrogen-bond acceptors (Lipinski definition) is 8. The lowest BCUT2D eigenvalue weighted by Gasteiger charge is -2.38. The van der Waals surface area contributed by atoms with Gasteiger partial charge in [-0.2, -0.15) is 0 Å². The standard InChI is InChI=1S/C22H21N3O4S.CH2O2/c1-23-22-24-16(12-30-22)21(26)25-10-19(14-5-3-2-4-6-14)29-20(11-25)15-7-8-17-18(9-15)28-13-27-17;2-1-3/h2-9,12,19-20H,10-11,13H2,1H3,(H,23,24);1H,(H,2,3)/t19-,20+;/m0./s1. The van der Waals surface area contributed by atoms with Gasteiger partial charge in [0.25, 0.3) is 12.4 Å². The van der Waals surface area contributed by atoms with Gasteiger partial charge >= 0.3 is 0 Å². The summed E-state index contributed by atoms with van der Waals surface area (Å²) in [6.45, 7) is 0.879. The van der Waals surface area contributed by atoms with Crippen LogP contribution in [0.4, 0.5) is 5.13 Å².